The fraction of sp³-hybridized carbons (Fsp3) is 0.368. The molecular formula is C19H26N2. The molecule has 1 atom stereocenters. The summed E-state index contributed by atoms with van der Waals surface area (Å²) in [4.78, 5) is 2.19. The summed E-state index contributed by atoms with van der Waals surface area (Å²) in [5.41, 5.74) is 6.49. The first-order chi connectivity index (χ1) is 9.94. The van der Waals surface area contributed by atoms with E-state index in [1.54, 1.807) is 0 Å². The van der Waals surface area contributed by atoms with Gasteiger partial charge in [-0.05, 0) is 58.1 Å². The highest BCUT2D eigenvalue weighted by Crippen LogP contribution is 2.22. The van der Waals surface area contributed by atoms with Crippen molar-refractivity contribution in [1.82, 2.24) is 4.90 Å². The molecule has 2 aromatic carbocycles. The first-order valence-corrected chi connectivity index (χ1v) is 7.52. The summed E-state index contributed by atoms with van der Waals surface area (Å²) in [5, 5.41) is 3.61. The molecule has 0 radical (unpaired) electrons. The Morgan fingerprint density at radius 1 is 1.00 bits per heavy atom. The van der Waals surface area contributed by atoms with Gasteiger partial charge in [0.2, 0.25) is 0 Å². The average Bonchev–Trinajstić information content (AvgIpc) is 2.37. The monoisotopic (exact) mass is 282 g/mol. The highest BCUT2D eigenvalue weighted by Gasteiger charge is 2.07. The predicted octanol–water partition coefficient (Wildman–Crippen LogP) is 4.54. The van der Waals surface area contributed by atoms with Gasteiger partial charge in [-0.15, -0.1) is 0 Å². The van der Waals surface area contributed by atoms with Crippen LogP contribution >= 0.6 is 0 Å². The largest absolute Gasteiger partial charge is 0.379 e. The third-order valence-electron chi connectivity index (χ3n) is 3.55. The molecule has 2 rings (SSSR count). The van der Waals surface area contributed by atoms with Gasteiger partial charge in [-0.3, -0.25) is 0 Å². The molecule has 2 nitrogen and oxygen atoms in total. The van der Waals surface area contributed by atoms with Crippen molar-refractivity contribution >= 4 is 5.69 Å². The third-order valence-corrected chi connectivity index (χ3v) is 3.55. The van der Waals surface area contributed by atoms with Crippen LogP contribution in [0.5, 0.6) is 0 Å². The minimum atomic E-state index is 0.304. The molecule has 0 aliphatic carbocycles. The second-order valence-electron chi connectivity index (χ2n) is 6.23. The van der Waals surface area contributed by atoms with Crippen molar-refractivity contribution in [2.45, 2.75) is 33.4 Å². The lowest BCUT2D eigenvalue weighted by Crippen LogP contribution is -2.11. The van der Waals surface area contributed by atoms with Gasteiger partial charge in [-0.1, -0.05) is 41.5 Å². The lowest BCUT2D eigenvalue weighted by molar-refractivity contribution is 0.402. The van der Waals surface area contributed by atoms with E-state index >= 15 is 0 Å². The van der Waals surface area contributed by atoms with Crippen molar-refractivity contribution in [1.29, 1.82) is 0 Å². The van der Waals surface area contributed by atoms with Gasteiger partial charge in [-0.2, -0.15) is 0 Å². The predicted molar refractivity (Wildman–Crippen MR) is 91.8 cm³/mol. The summed E-state index contributed by atoms with van der Waals surface area (Å²) < 4.78 is 0. The summed E-state index contributed by atoms with van der Waals surface area (Å²) >= 11 is 0. The lowest BCUT2D eigenvalue weighted by Gasteiger charge is -2.18. The molecule has 0 fully saturated rings. The van der Waals surface area contributed by atoms with Crippen molar-refractivity contribution < 1.29 is 0 Å². The van der Waals surface area contributed by atoms with E-state index in [9.17, 15) is 0 Å². The van der Waals surface area contributed by atoms with Crippen LogP contribution in [0.3, 0.4) is 0 Å². The van der Waals surface area contributed by atoms with Crippen LogP contribution in [0, 0.1) is 13.8 Å². The Morgan fingerprint density at radius 2 is 1.67 bits per heavy atom. The summed E-state index contributed by atoms with van der Waals surface area (Å²) in [5.74, 6) is 0. The van der Waals surface area contributed by atoms with E-state index in [4.69, 9.17) is 0 Å². The summed E-state index contributed by atoms with van der Waals surface area (Å²) in [6, 6.07) is 15.7. The molecule has 0 heterocycles. The highest BCUT2D eigenvalue weighted by molar-refractivity contribution is 5.48. The van der Waals surface area contributed by atoms with Gasteiger partial charge in [0.15, 0.2) is 0 Å². The minimum Gasteiger partial charge on any atom is -0.379 e. The van der Waals surface area contributed by atoms with Gasteiger partial charge >= 0.3 is 0 Å². The molecular weight excluding hydrogens is 256 g/mol. The molecule has 0 saturated heterocycles. The number of nitrogens with zero attached hydrogens (tertiary/aromatic N) is 1. The van der Waals surface area contributed by atoms with Gasteiger partial charge in [0.25, 0.3) is 0 Å². The maximum Gasteiger partial charge on any atom is 0.0485 e. The maximum atomic E-state index is 3.61. The second kappa shape index (κ2) is 6.77. The van der Waals surface area contributed by atoms with Gasteiger partial charge in [0.05, 0.1) is 0 Å². The summed E-state index contributed by atoms with van der Waals surface area (Å²) in [6.07, 6.45) is 0. The van der Waals surface area contributed by atoms with Crippen LogP contribution in [0.25, 0.3) is 0 Å². The Hall–Kier alpha value is -1.80. The van der Waals surface area contributed by atoms with E-state index in [1.165, 1.54) is 27.9 Å². The van der Waals surface area contributed by atoms with E-state index in [1.807, 2.05) is 0 Å². The molecule has 0 saturated carbocycles. The molecule has 21 heavy (non-hydrogen) atoms. The summed E-state index contributed by atoms with van der Waals surface area (Å²) in [6.45, 7) is 7.49. The van der Waals surface area contributed by atoms with Crippen molar-refractivity contribution in [2.24, 2.45) is 0 Å². The summed E-state index contributed by atoms with van der Waals surface area (Å²) in [7, 11) is 4.19. The second-order valence-corrected chi connectivity index (χ2v) is 6.23. The number of anilines is 1. The minimum absolute atomic E-state index is 0.304. The van der Waals surface area contributed by atoms with Crippen LogP contribution in [0.4, 0.5) is 5.69 Å². The molecule has 0 spiro atoms. The van der Waals surface area contributed by atoms with Crippen LogP contribution in [-0.4, -0.2) is 19.0 Å². The van der Waals surface area contributed by atoms with E-state index in [-0.39, 0.29) is 0 Å². The fourth-order valence-electron chi connectivity index (χ4n) is 2.72. The van der Waals surface area contributed by atoms with E-state index in [0.29, 0.717) is 6.04 Å². The van der Waals surface area contributed by atoms with Crippen LogP contribution in [0.1, 0.15) is 35.2 Å². The van der Waals surface area contributed by atoms with Crippen molar-refractivity contribution in [3.63, 3.8) is 0 Å². The molecule has 2 heteroatoms. The van der Waals surface area contributed by atoms with Crippen molar-refractivity contribution in [2.75, 3.05) is 19.4 Å². The van der Waals surface area contributed by atoms with Gasteiger partial charge in [0.1, 0.15) is 0 Å². The van der Waals surface area contributed by atoms with Crippen LogP contribution in [0.15, 0.2) is 42.5 Å². The number of nitrogens with one attached hydrogen (secondary N) is 1. The molecule has 1 N–H and O–H groups in total. The average molecular weight is 282 g/mol. The smallest absolute Gasteiger partial charge is 0.0485 e. The third kappa shape index (κ3) is 4.61. The molecule has 0 amide bonds. The molecule has 0 aliphatic rings. The van der Waals surface area contributed by atoms with Crippen LogP contribution in [0.2, 0.25) is 0 Å². The number of hydrogen-bond donors (Lipinski definition) is 1. The van der Waals surface area contributed by atoms with Crippen LogP contribution in [-0.2, 0) is 6.54 Å². The normalized spacial score (nSPS) is 12.5. The molecule has 2 aromatic rings. The molecule has 112 valence electrons. The van der Waals surface area contributed by atoms with E-state index < -0.39 is 0 Å². The number of benzene rings is 2. The van der Waals surface area contributed by atoms with E-state index in [0.717, 1.165) is 6.54 Å². The SMILES string of the molecule is Cc1cc(C)cc(C(C)Nc2cccc(CN(C)C)c2)c1. The number of rotatable bonds is 5. The molecule has 0 aromatic heterocycles. The highest BCUT2D eigenvalue weighted by atomic mass is 15.0. The Bertz CT molecular complexity index is 582. The van der Waals surface area contributed by atoms with Crippen molar-refractivity contribution in [3.05, 3.63) is 64.7 Å². The first kappa shape index (κ1) is 15.6. The van der Waals surface area contributed by atoms with Crippen LogP contribution < -0.4 is 5.32 Å². The standard InChI is InChI=1S/C19H26N2/c1-14-9-15(2)11-18(10-14)16(3)20-19-8-6-7-17(12-19)13-21(4)5/h6-12,16,20H,13H2,1-5H3. The van der Waals surface area contributed by atoms with Gasteiger partial charge in [-0.25, -0.2) is 0 Å². The molecule has 0 bridgehead atoms. The van der Waals surface area contributed by atoms with E-state index in [2.05, 4.69) is 87.5 Å². The Balaban J connectivity index is 2.13. The first-order valence-electron chi connectivity index (χ1n) is 7.52. The zero-order chi connectivity index (χ0) is 15.4. The Morgan fingerprint density at radius 3 is 2.29 bits per heavy atom. The fourth-order valence-corrected chi connectivity index (χ4v) is 2.72. The quantitative estimate of drug-likeness (QED) is 0.866. The number of aryl methyl sites for hydroxylation is 2. The zero-order valence-corrected chi connectivity index (χ0v) is 13.8. The van der Waals surface area contributed by atoms with Gasteiger partial charge in [0, 0.05) is 18.3 Å². The van der Waals surface area contributed by atoms with Crippen molar-refractivity contribution in [3.8, 4) is 0 Å². The topological polar surface area (TPSA) is 15.3 Å². The lowest BCUT2D eigenvalue weighted by atomic mass is 10.0. The number of hydrogen-bond acceptors (Lipinski definition) is 2. The zero-order valence-electron chi connectivity index (χ0n) is 13.8. The molecule has 1 unspecified atom stereocenters. The Kier molecular flexibility index (Phi) is 5.03. The van der Waals surface area contributed by atoms with Gasteiger partial charge < -0.3 is 10.2 Å². The molecule has 0 aliphatic heterocycles. The maximum absolute atomic E-state index is 3.61. The Labute approximate surface area is 128 Å².